The van der Waals surface area contributed by atoms with Gasteiger partial charge in [0.15, 0.2) is 6.61 Å². The lowest BCUT2D eigenvalue weighted by Gasteiger charge is -2.15. The largest absolute Gasteiger partial charge is 0.452 e. The van der Waals surface area contributed by atoms with Gasteiger partial charge in [0.2, 0.25) is 0 Å². The second-order valence-electron chi connectivity index (χ2n) is 6.29. The topological polar surface area (TPSA) is 55.4 Å². The molecule has 0 aliphatic heterocycles. The highest BCUT2D eigenvalue weighted by Gasteiger charge is 2.22. The second-order valence-corrected chi connectivity index (χ2v) is 7.25. The van der Waals surface area contributed by atoms with Crippen LogP contribution in [-0.2, 0) is 22.4 Å². The number of hydrogen-bond donors (Lipinski definition) is 1. The molecule has 4 nitrogen and oxygen atoms in total. The van der Waals surface area contributed by atoms with Crippen molar-refractivity contribution in [3.05, 3.63) is 56.8 Å². The molecule has 26 heavy (non-hydrogen) atoms. The van der Waals surface area contributed by atoms with Crippen LogP contribution in [0.4, 0.5) is 8.78 Å². The van der Waals surface area contributed by atoms with Crippen molar-refractivity contribution in [2.24, 2.45) is 0 Å². The number of thiophene rings is 1. The number of esters is 1. The van der Waals surface area contributed by atoms with Gasteiger partial charge in [0.25, 0.3) is 5.91 Å². The zero-order valence-corrected chi connectivity index (χ0v) is 15.1. The van der Waals surface area contributed by atoms with E-state index in [2.05, 4.69) is 5.32 Å². The minimum atomic E-state index is -0.736. The number of rotatable bonds is 5. The Balaban J connectivity index is 1.55. The summed E-state index contributed by atoms with van der Waals surface area (Å²) in [6.45, 7) is 1.13. The Kier molecular flexibility index (Phi) is 5.66. The van der Waals surface area contributed by atoms with E-state index in [9.17, 15) is 18.4 Å². The Morgan fingerprint density at radius 3 is 2.81 bits per heavy atom. The van der Waals surface area contributed by atoms with Crippen LogP contribution in [0.1, 0.15) is 52.2 Å². The van der Waals surface area contributed by atoms with Crippen LogP contribution in [0.5, 0.6) is 0 Å². The Bertz CT molecular complexity index is 834. The molecule has 0 unspecified atom stereocenters. The zero-order valence-electron chi connectivity index (χ0n) is 14.3. The van der Waals surface area contributed by atoms with E-state index >= 15 is 0 Å². The predicted octanol–water partition coefficient (Wildman–Crippen LogP) is 3.94. The van der Waals surface area contributed by atoms with Gasteiger partial charge in [0.1, 0.15) is 11.6 Å². The van der Waals surface area contributed by atoms with Crippen molar-refractivity contribution in [1.29, 1.82) is 0 Å². The maximum Gasteiger partial charge on any atom is 0.339 e. The smallest absolute Gasteiger partial charge is 0.339 e. The number of carbonyl (C=O) groups excluding carboxylic acids is 2. The summed E-state index contributed by atoms with van der Waals surface area (Å²) in [5.74, 6) is -2.48. The summed E-state index contributed by atoms with van der Waals surface area (Å²) in [5.41, 5.74) is 1.74. The van der Waals surface area contributed by atoms with E-state index in [0.717, 1.165) is 43.4 Å². The highest BCUT2D eigenvalue weighted by Crippen LogP contribution is 2.30. The number of nitrogens with one attached hydrogen (secondary N) is 1. The summed E-state index contributed by atoms with van der Waals surface area (Å²) in [6.07, 6.45) is 4.01. The van der Waals surface area contributed by atoms with Crippen LogP contribution in [0, 0.1) is 11.6 Å². The summed E-state index contributed by atoms with van der Waals surface area (Å²) in [5, 5.41) is 4.33. The molecule has 0 radical (unpaired) electrons. The van der Waals surface area contributed by atoms with Crippen molar-refractivity contribution in [2.75, 3.05) is 6.61 Å². The van der Waals surface area contributed by atoms with Crippen LogP contribution in [0.3, 0.4) is 0 Å². The van der Waals surface area contributed by atoms with Crippen molar-refractivity contribution in [3.63, 3.8) is 0 Å². The van der Waals surface area contributed by atoms with E-state index in [1.165, 1.54) is 10.9 Å². The van der Waals surface area contributed by atoms with Gasteiger partial charge in [-0.05, 0) is 44.2 Å². The van der Waals surface area contributed by atoms with E-state index in [1.807, 2.05) is 0 Å². The molecule has 1 amide bonds. The van der Waals surface area contributed by atoms with Gasteiger partial charge < -0.3 is 10.1 Å². The number of carbonyl (C=O) groups is 2. The van der Waals surface area contributed by atoms with E-state index in [1.54, 1.807) is 23.6 Å². The van der Waals surface area contributed by atoms with Crippen molar-refractivity contribution in [2.45, 2.75) is 38.6 Å². The molecule has 7 heteroatoms. The van der Waals surface area contributed by atoms with E-state index in [0.29, 0.717) is 5.56 Å². The molecular weight excluding hydrogens is 360 g/mol. The fourth-order valence-corrected chi connectivity index (χ4v) is 4.20. The van der Waals surface area contributed by atoms with Crippen LogP contribution in [0.2, 0.25) is 0 Å². The summed E-state index contributed by atoms with van der Waals surface area (Å²) in [7, 11) is 0. The average Bonchev–Trinajstić information content (AvgIpc) is 3.03. The van der Waals surface area contributed by atoms with Crippen LogP contribution in [0.15, 0.2) is 23.6 Å². The van der Waals surface area contributed by atoms with Gasteiger partial charge in [-0.1, -0.05) is 6.07 Å². The maximum atomic E-state index is 13.7. The third-order valence-electron chi connectivity index (χ3n) is 4.42. The molecule has 0 saturated carbocycles. The molecule has 3 rings (SSSR count). The summed E-state index contributed by atoms with van der Waals surface area (Å²) in [4.78, 5) is 25.4. The number of halogens is 2. The maximum absolute atomic E-state index is 13.7. The lowest BCUT2D eigenvalue weighted by Crippen LogP contribution is -2.31. The average molecular weight is 379 g/mol. The molecule has 0 fully saturated rings. The number of hydrogen-bond acceptors (Lipinski definition) is 4. The molecule has 138 valence electrons. The number of amides is 1. The van der Waals surface area contributed by atoms with Gasteiger partial charge in [0.05, 0.1) is 11.6 Å². The highest BCUT2D eigenvalue weighted by molar-refractivity contribution is 7.10. The molecule has 1 aromatic carbocycles. The van der Waals surface area contributed by atoms with Crippen LogP contribution < -0.4 is 5.32 Å². The first-order valence-corrected chi connectivity index (χ1v) is 9.34. The van der Waals surface area contributed by atoms with Gasteiger partial charge in [-0.3, -0.25) is 4.79 Å². The van der Waals surface area contributed by atoms with Crippen molar-refractivity contribution in [3.8, 4) is 0 Å². The summed E-state index contributed by atoms with van der Waals surface area (Å²) >= 11 is 1.55. The van der Waals surface area contributed by atoms with E-state index in [4.69, 9.17) is 4.74 Å². The molecule has 0 saturated heterocycles. The number of ether oxygens (including phenoxy) is 1. The molecule has 0 spiro atoms. The highest BCUT2D eigenvalue weighted by atomic mass is 32.1. The fourth-order valence-electron chi connectivity index (χ4n) is 3.09. The third-order valence-corrected chi connectivity index (χ3v) is 5.51. The SMILES string of the molecule is C[C@@H](NC(=O)COC(=O)c1csc2c1CCCC2)c1ccc(F)cc1F. The third kappa shape index (κ3) is 4.09. The number of benzene rings is 1. The van der Waals surface area contributed by atoms with E-state index < -0.39 is 36.2 Å². The Hall–Kier alpha value is -2.28. The zero-order chi connectivity index (χ0) is 18.7. The Labute approximate surface area is 154 Å². The number of aryl methyl sites for hydroxylation is 1. The lowest BCUT2D eigenvalue weighted by atomic mass is 9.96. The van der Waals surface area contributed by atoms with Crippen molar-refractivity contribution < 1.29 is 23.1 Å². The van der Waals surface area contributed by atoms with Gasteiger partial charge in [0, 0.05) is 21.9 Å². The van der Waals surface area contributed by atoms with Crippen LogP contribution in [0.25, 0.3) is 0 Å². The number of fused-ring (bicyclic) bond motifs is 1. The first-order valence-electron chi connectivity index (χ1n) is 8.46. The first kappa shape index (κ1) is 18.5. The fraction of sp³-hybridized carbons (Fsp3) is 0.368. The molecule has 1 heterocycles. The summed E-state index contributed by atoms with van der Waals surface area (Å²) in [6, 6.07) is 2.49. The standard InChI is InChI=1S/C19H19F2NO3S/c1-11(13-7-6-12(20)8-16(13)21)22-18(23)9-25-19(24)15-10-26-17-5-3-2-4-14(15)17/h6-8,10-11H,2-5,9H2,1H3,(H,22,23)/t11-/m1/s1. The quantitative estimate of drug-likeness (QED) is 0.801. The monoisotopic (exact) mass is 379 g/mol. The molecule has 1 N–H and O–H groups in total. The second kappa shape index (κ2) is 7.95. The molecule has 1 atom stereocenters. The van der Waals surface area contributed by atoms with Crippen LogP contribution >= 0.6 is 11.3 Å². The molecule has 1 aliphatic carbocycles. The predicted molar refractivity (Wildman–Crippen MR) is 94.2 cm³/mol. The molecular formula is C19H19F2NO3S. The molecule has 2 aromatic rings. The van der Waals surface area contributed by atoms with Gasteiger partial charge in [-0.15, -0.1) is 11.3 Å². The minimum absolute atomic E-state index is 0.165. The minimum Gasteiger partial charge on any atom is -0.452 e. The van der Waals surface area contributed by atoms with Crippen molar-refractivity contribution >= 4 is 23.2 Å². The lowest BCUT2D eigenvalue weighted by molar-refractivity contribution is -0.124. The van der Waals surface area contributed by atoms with Gasteiger partial charge in [-0.2, -0.15) is 0 Å². The van der Waals surface area contributed by atoms with Crippen molar-refractivity contribution in [1.82, 2.24) is 5.32 Å². The molecule has 1 aromatic heterocycles. The Morgan fingerprint density at radius 2 is 2.04 bits per heavy atom. The Morgan fingerprint density at radius 1 is 1.27 bits per heavy atom. The first-order chi connectivity index (χ1) is 12.5. The van der Waals surface area contributed by atoms with E-state index in [-0.39, 0.29) is 5.56 Å². The van der Waals surface area contributed by atoms with Crippen LogP contribution in [-0.4, -0.2) is 18.5 Å². The normalized spacial score (nSPS) is 14.4. The van der Waals surface area contributed by atoms with Gasteiger partial charge in [-0.25, -0.2) is 13.6 Å². The molecule has 1 aliphatic rings. The summed E-state index contributed by atoms with van der Waals surface area (Å²) < 4.78 is 31.8. The van der Waals surface area contributed by atoms with Gasteiger partial charge >= 0.3 is 5.97 Å². The molecule has 0 bridgehead atoms.